The summed E-state index contributed by atoms with van der Waals surface area (Å²) in [5, 5.41) is 9.97. The van der Waals surface area contributed by atoms with E-state index in [0.717, 1.165) is 0 Å². The Morgan fingerprint density at radius 2 is 1.97 bits per heavy atom. The highest BCUT2D eigenvalue weighted by atomic mass is 19.4. The number of alkyl halides is 3. The van der Waals surface area contributed by atoms with Crippen LogP contribution in [0.1, 0.15) is 36.2 Å². The monoisotopic (exact) mass is 421 g/mol. The lowest BCUT2D eigenvalue weighted by Crippen LogP contribution is -2.44. The van der Waals surface area contributed by atoms with E-state index in [1.54, 1.807) is 39.9 Å². The smallest absolute Gasteiger partial charge is 0.348 e. The zero-order valence-corrected chi connectivity index (χ0v) is 16.4. The molecule has 3 heterocycles. The molecule has 0 spiro atoms. The lowest BCUT2D eigenvalue weighted by atomic mass is 9.91. The third-order valence-electron chi connectivity index (χ3n) is 5.31. The van der Waals surface area contributed by atoms with Gasteiger partial charge >= 0.3 is 6.18 Å². The number of aryl methyl sites for hydroxylation is 1. The molecule has 1 amide bonds. The minimum absolute atomic E-state index is 0.105. The molecule has 0 bridgehead atoms. The first-order chi connectivity index (χ1) is 14.3. The zero-order chi connectivity index (χ0) is 21.3. The van der Waals surface area contributed by atoms with Gasteiger partial charge in [0.1, 0.15) is 5.69 Å². The quantitative estimate of drug-likeness (QED) is 0.660. The second-order valence-electron chi connectivity index (χ2n) is 7.53. The van der Waals surface area contributed by atoms with Crippen LogP contribution in [-0.4, -0.2) is 54.9 Å². The highest BCUT2D eigenvalue weighted by molar-refractivity contribution is 5.99. The molecule has 0 unspecified atom stereocenters. The lowest BCUT2D eigenvalue weighted by molar-refractivity contribution is -0.126. The van der Waals surface area contributed by atoms with Crippen LogP contribution in [0.25, 0.3) is 17.0 Å². The zero-order valence-electron chi connectivity index (χ0n) is 16.4. The number of halogens is 3. The van der Waals surface area contributed by atoms with Gasteiger partial charge < -0.3 is 15.2 Å². The van der Waals surface area contributed by atoms with E-state index < -0.39 is 12.7 Å². The molecule has 3 aromatic rings. The second kappa shape index (κ2) is 8.05. The van der Waals surface area contributed by atoms with E-state index in [1.165, 1.54) is 0 Å². The first-order valence-corrected chi connectivity index (χ1v) is 9.73. The minimum Gasteiger partial charge on any atom is -0.348 e. The molecule has 11 heteroatoms. The van der Waals surface area contributed by atoms with Gasteiger partial charge in [-0.25, -0.2) is 14.5 Å². The summed E-state index contributed by atoms with van der Waals surface area (Å²) in [7, 11) is 1.82. The van der Waals surface area contributed by atoms with Crippen molar-refractivity contribution in [3.8, 4) is 11.5 Å². The fraction of sp³-hybridized carbons (Fsp3) is 0.474. The molecule has 30 heavy (non-hydrogen) atoms. The van der Waals surface area contributed by atoms with E-state index in [0.29, 0.717) is 42.7 Å². The molecule has 0 aliphatic heterocycles. The van der Waals surface area contributed by atoms with Gasteiger partial charge in [0.05, 0.1) is 24.6 Å². The van der Waals surface area contributed by atoms with Crippen molar-refractivity contribution in [2.24, 2.45) is 7.05 Å². The van der Waals surface area contributed by atoms with Crippen molar-refractivity contribution in [2.75, 3.05) is 6.54 Å². The number of carbonyl (C=O) groups is 1. The van der Waals surface area contributed by atoms with Crippen LogP contribution in [0.3, 0.4) is 0 Å². The maximum atomic E-state index is 13.0. The van der Waals surface area contributed by atoms with E-state index in [9.17, 15) is 18.0 Å². The molecule has 1 aliphatic rings. The summed E-state index contributed by atoms with van der Waals surface area (Å²) in [5.74, 6) is 0.0557. The molecule has 0 radical (unpaired) electrons. The van der Waals surface area contributed by atoms with Crippen LogP contribution in [0, 0.1) is 0 Å². The van der Waals surface area contributed by atoms with Crippen LogP contribution >= 0.6 is 0 Å². The number of imidazole rings is 1. The van der Waals surface area contributed by atoms with Crippen LogP contribution in [0.5, 0.6) is 0 Å². The Morgan fingerprint density at radius 1 is 1.23 bits per heavy atom. The third-order valence-corrected chi connectivity index (χ3v) is 5.31. The Morgan fingerprint density at radius 3 is 2.63 bits per heavy atom. The van der Waals surface area contributed by atoms with Crippen LogP contribution in [0.2, 0.25) is 0 Å². The molecule has 3 aromatic heterocycles. The maximum absolute atomic E-state index is 13.0. The predicted octanol–water partition coefficient (Wildman–Crippen LogP) is 2.32. The van der Waals surface area contributed by atoms with Crippen LogP contribution in [0.4, 0.5) is 13.2 Å². The van der Waals surface area contributed by atoms with Crippen LogP contribution in [0.15, 0.2) is 30.9 Å². The van der Waals surface area contributed by atoms with Gasteiger partial charge in [-0.15, -0.1) is 5.10 Å². The van der Waals surface area contributed by atoms with Gasteiger partial charge in [-0.05, 0) is 37.8 Å². The molecule has 4 rings (SSSR count). The van der Waals surface area contributed by atoms with Gasteiger partial charge in [-0.2, -0.15) is 13.2 Å². The lowest BCUT2D eigenvalue weighted by Gasteiger charge is -2.30. The topological polar surface area (TPSA) is 89.1 Å². The van der Waals surface area contributed by atoms with Gasteiger partial charge in [0.25, 0.3) is 5.91 Å². The molecule has 8 nitrogen and oxygen atoms in total. The molecular formula is C19H22F3N7O. The van der Waals surface area contributed by atoms with E-state index in [4.69, 9.17) is 0 Å². The van der Waals surface area contributed by atoms with E-state index in [2.05, 4.69) is 25.7 Å². The van der Waals surface area contributed by atoms with Gasteiger partial charge in [0.15, 0.2) is 11.5 Å². The fourth-order valence-corrected chi connectivity index (χ4v) is 3.74. The van der Waals surface area contributed by atoms with Crippen molar-refractivity contribution in [1.82, 2.24) is 34.8 Å². The van der Waals surface area contributed by atoms with Crippen LogP contribution in [-0.2, 0) is 7.05 Å². The number of rotatable bonds is 5. The number of nitrogens with zero attached hydrogens (tertiary/aromatic N) is 5. The highest BCUT2D eigenvalue weighted by Crippen LogP contribution is 2.22. The second-order valence-corrected chi connectivity index (χ2v) is 7.53. The normalized spacial score (nSPS) is 19.9. The van der Waals surface area contributed by atoms with Gasteiger partial charge in [-0.3, -0.25) is 4.79 Å². The van der Waals surface area contributed by atoms with Crippen molar-refractivity contribution >= 4 is 11.4 Å². The molecule has 2 N–H and O–H groups in total. The summed E-state index contributed by atoms with van der Waals surface area (Å²) in [6.07, 6.45) is 3.15. The number of fused-ring (bicyclic) bond motifs is 1. The number of hydrogen-bond donors (Lipinski definition) is 2. The summed E-state index contributed by atoms with van der Waals surface area (Å²) >= 11 is 0. The number of hydrogen-bond acceptors (Lipinski definition) is 5. The average molecular weight is 421 g/mol. The Balaban J connectivity index is 1.45. The highest BCUT2D eigenvalue weighted by Gasteiger charge is 2.30. The summed E-state index contributed by atoms with van der Waals surface area (Å²) in [4.78, 5) is 21.5. The van der Waals surface area contributed by atoms with Crippen molar-refractivity contribution in [2.45, 2.75) is 43.9 Å². The molecule has 1 aliphatic carbocycles. The number of aromatic nitrogens is 5. The molecular weight excluding hydrogens is 399 g/mol. The third kappa shape index (κ3) is 4.45. The van der Waals surface area contributed by atoms with Crippen molar-refractivity contribution in [1.29, 1.82) is 0 Å². The Hall–Kier alpha value is -2.95. The molecule has 0 atom stereocenters. The minimum atomic E-state index is -4.22. The first kappa shape index (κ1) is 20.3. The standard InChI is InChI=1S/C19H22F3N7O/c1-28-11-23-9-15(28)17-26-16(14-3-2-8-29(14)27-17)18(30)25-13-6-4-12(5-7-13)24-10-19(20,21)22/h2-3,8-9,11-13,24H,4-7,10H2,1H3,(H,25,30). The van der Waals surface area contributed by atoms with Crippen molar-refractivity contribution in [3.05, 3.63) is 36.5 Å². The maximum Gasteiger partial charge on any atom is 0.401 e. The Labute approximate surface area is 170 Å². The predicted molar refractivity (Wildman–Crippen MR) is 103 cm³/mol. The average Bonchev–Trinajstić information content (AvgIpc) is 3.34. The molecule has 0 aromatic carbocycles. The summed E-state index contributed by atoms with van der Waals surface area (Å²) < 4.78 is 40.5. The molecule has 1 saturated carbocycles. The fourth-order valence-electron chi connectivity index (χ4n) is 3.74. The summed E-state index contributed by atoms with van der Waals surface area (Å²) in [6.45, 7) is -0.987. The first-order valence-electron chi connectivity index (χ1n) is 9.73. The summed E-state index contributed by atoms with van der Waals surface area (Å²) in [5.41, 5.74) is 1.51. The number of carbonyl (C=O) groups excluding carboxylic acids is 1. The number of amides is 1. The largest absolute Gasteiger partial charge is 0.401 e. The summed E-state index contributed by atoms with van der Waals surface area (Å²) in [6, 6.07) is 3.25. The Kier molecular flexibility index (Phi) is 5.46. The Bertz CT molecular complexity index is 1030. The van der Waals surface area contributed by atoms with E-state index in [1.807, 2.05) is 7.05 Å². The molecule has 160 valence electrons. The van der Waals surface area contributed by atoms with Gasteiger partial charge in [-0.1, -0.05) is 0 Å². The SMILES string of the molecule is Cn1cncc1-c1nc(C(=O)NC2CCC(NCC(F)(F)F)CC2)c2cccn2n1. The van der Waals surface area contributed by atoms with Crippen molar-refractivity contribution in [3.63, 3.8) is 0 Å². The molecule has 0 saturated heterocycles. The van der Waals surface area contributed by atoms with Crippen molar-refractivity contribution < 1.29 is 18.0 Å². The van der Waals surface area contributed by atoms with Gasteiger partial charge in [0.2, 0.25) is 0 Å². The van der Waals surface area contributed by atoms with Crippen LogP contribution < -0.4 is 10.6 Å². The van der Waals surface area contributed by atoms with E-state index >= 15 is 0 Å². The van der Waals surface area contributed by atoms with Gasteiger partial charge in [0, 0.05) is 25.3 Å². The number of nitrogens with one attached hydrogen (secondary N) is 2. The molecule has 1 fully saturated rings. The van der Waals surface area contributed by atoms with E-state index in [-0.39, 0.29) is 23.7 Å².